The van der Waals surface area contributed by atoms with Gasteiger partial charge in [-0.2, -0.15) is 0 Å². The molecule has 2 aromatic carbocycles. The van der Waals surface area contributed by atoms with Gasteiger partial charge in [-0.05, 0) is 48.4 Å². The minimum atomic E-state index is -1.03. The molecule has 0 unspecified atom stereocenters. The van der Waals surface area contributed by atoms with E-state index < -0.39 is 17.5 Å². The molecule has 0 fully saturated rings. The lowest BCUT2D eigenvalue weighted by atomic mass is 10.1. The number of hydrogen-bond donors (Lipinski definition) is 2. The molecule has 7 heteroatoms. The van der Waals surface area contributed by atoms with Crippen LogP contribution in [0.4, 0.5) is 20.2 Å². The quantitative estimate of drug-likeness (QED) is 0.631. The molecule has 4 nitrogen and oxygen atoms in total. The van der Waals surface area contributed by atoms with E-state index in [4.69, 9.17) is 11.6 Å². The molecular formula is C20H16ClF2N3O. The second-order valence-electron chi connectivity index (χ2n) is 5.82. The lowest BCUT2D eigenvalue weighted by molar-refractivity contribution is 0.102. The van der Waals surface area contributed by atoms with Crippen molar-refractivity contribution in [3.63, 3.8) is 0 Å². The van der Waals surface area contributed by atoms with E-state index in [1.807, 2.05) is 24.3 Å². The van der Waals surface area contributed by atoms with Crippen molar-refractivity contribution in [3.8, 4) is 0 Å². The molecule has 1 aromatic heterocycles. The average Bonchev–Trinajstić information content (AvgIpc) is 2.65. The highest BCUT2D eigenvalue weighted by atomic mass is 35.5. The van der Waals surface area contributed by atoms with Gasteiger partial charge in [0.25, 0.3) is 5.91 Å². The van der Waals surface area contributed by atoms with Crippen LogP contribution in [0.25, 0.3) is 0 Å². The number of hydrogen-bond acceptors (Lipinski definition) is 3. The summed E-state index contributed by atoms with van der Waals surface area (Å²) in [5, 5.41) is 6.39. The maximum Gasteiger partial charge on any atom is 0.274 e. The van der Waals surface area contributed by atoms with Gasteiger partial charge >= 0.3 is 0 Å². The lowest BCUT2D eigenvalue weighted by Crippen LogP contribution is -2.14. The molecule has 0 bridgehead atoms. The number of pyridine rings is 1. The van der Waals surface area contributed by atoms with E-state index in [1.54, 1.807) is 12.1 Å². The van der Waals surface area contributed by atoms with Crippen LogP contribution in [0.3, 0.4) is 0 Å². The molecule has 138 valence electrons. The Morgan fingerprint density at radius 2 is 1.85 bits per heavy atom. The van der Waals surface area contributed by atoms with E-state index in [-0.39, 0.29) is 11.4 Å². The van der Waals surface area contributed by atoms with Gasteiger partial charge in [0.2, 0.25) is 0 Å². The van der Waals surface area contributed by atoms with Crippen molar-refractivity contribution in [2.75, 3.05) is 17.2 Å². The van der Waals surface area contributed by atoms with Crippen molar-refractivity contribution >= 4 is 28.9 Å². The molecule has 1 heterocycles. The Morgan fingerprint density at radius 3 is 2.63 bits per heavy atom. The average molecular weight is 388 g/mol. The zero-order valence-electron chi connectivity index (χ0n) is 14.2. The molecule has 0 aliphatic heterocycles. The third-order valence-corrected chi connectivity index (χ3v) is 4.04. The Bertz CT molecular complexity index is 965. The first kappa shape index (κ1) is 18.8. The first-order valence-corrected chi connectivity index (χ1v) is 8.60. The van der Waals surface area contributed by atoms with E-state index in [0.29, 0.717) is 11.6 Å². The van der Waals surface area contributed by atoms with Crippen molar-refractivity contribution in [3.05, 3.63) is 88.7 Å². The first-order valence-electron chi connectivity index (χ1n) is 8.22. The zero-order valence-corrected chi connectivity index (χ0v) is 14.9. The monoisotopic (exact) mass is 387 g/mol. The highest BCUT2D eigenvalue weighted by molar-refractivity contribution is 6.30. The molecule has 0 spiro atoms. The second-order valence-corrected chi connectivity index (χ2v) is 6.26. The van der Waals surface area contributed by atoms with E-state index in [2.05, 4.69) is 15.6 Å². The Hall–Kier alpha value is -2.99. The molecule has 0 radical (unpaired) electrons. The van der Waals surface area contributed by atoms with Crippen LogP contribution in [0.1, 0.15) is 16.1 Å². The largest absolute Gasteiger partial charge is 0.385 e. The molecule has 0 aliphatic carbocycles. The topological polar surface area (TPSA) is 54.0 Å². The van der Waals surface area contributed by atoms with Gasteiger partial charge < -0.3 is 10.6 Å². The number of amides is 1. The van der Waals surface area contributed by atoms with Gasteiger partial charge in [0.05, 0.1) is 0 Å². The van der Waals surface area contributed by atoms with Crippen LogP contribution in [0.15, 0.2) is 60.8 Å². The van der Waals surface area contributed by atoms with Gasteiger partial charge in [-0.25, -0.2) is 8.78 Å². The molecule has 1 amide bonds. The van der Waals surface area contributed by atoms with Crippen molar-refractivity contribution in [2.45, 2.75) is 6.42 Å². The van der Waals surface area contributed by atoms with Crippen LogP contribution >= 0.6 is 11.6 Å². The van der Waals surface area contributed by atoms with Crippen molar-refractivity contribution in [2.24, 2.45) is 0 Å². The van der Waals surface area contributed by atoms with E-state index in [1.165, 1.54) is 12.3 Å². The van der Waals surface area contributed by atoms with Crippen LogP contribution in [0.5, 0.6) is 0 Å². The third kappa shape index (κ3) is 5.24. The zero-order chi connectivity index (χ0) is 19.2. The molecule has 0 atom stereocenters. The summed E-state index contributed by atoms with van der Waals surface area (Å²) < 4.78 is 26.2. The fourth-order valence-corrected chi connectivity index (χ4v) is 2.69. The third-order valence-electron chi connectivity index (χ3n) is 3.80. The number of rotatable bonds is 6. The van der Waals surface area contributed by atoms with Gasteiger partial charge in [0.15, 0.2) is 11.6 Å². The van der Waals surface area contributed by atoms with E-state index in [9.17, 15) is 13.6 Å². The Morgan fingerprint density at radius 1 is 1.00 bits per heavy atom. The molecule has 3 rings (SSSR count). The van der Waals surface area contributed by atoms with Crippen LogP contribution in [0, 0.1) is 11.6 Å². The van der Waals surface area contributed by atoms with Gasteiger partial charge in [0, 0.05) is 35.2 Å². The Labute approximate surface area is 160 Å². The summed E-state index contributed by atoms with van der Waals surface area (Å²) in [4.78, 5) is 16.3. The van der Waals surface area contributed by atoms with Gasteiger partial charge in [-0.1, -0.05) is 23.7 Å². The smallest absolute Gasteiger partial charge is 0.274 e. The first-order chi connectivity index (χ1) is 13.0. The van der Waals surface area contributed by atoms with Crippen LogP contribution in [-0.4, -0.2) is 17.4 Å². The lowest BCUT2D eigenvalue weighted by Gasteiger charge is -2.09. The molecule has 27 heavy (non-hydrogen) atoms. The van der Waals surface area contributed by atoms with E-state index >= 15 is 0 Å². The number of benzene rings is 2. The fourth-order valence-electron chi connectivity index (χ4n) is 2.48. The van der Waals surface area contributed by atoms with Crippen molar-refractivity contribution in [1.29, 1.82) is 0 Å². The molecule has 3 aromatic rings. The fraction of sp³-hybridized carbons (Fsp3) is 0.100. The van der Waals surface area contributed by atoms with Gasteiger partial charge in [-0.15, -0.1) is 0 Å². The minimum Gasteiger partial charge on any atom is -0.385 e. The highest BCUT2D eigenvalue weighted by Crippen LogP contribution is 2.16. The van der Waals surface area contributed by atoms with E-state index in [0.717, 1.165) is 29.8 Å². The van der Waals surface area contributed by atoms with Crippen molar-refractivity contribution < 1.29 is 13.6 Å². The maximum absolute atomic E-state index is 13.2. The summed E-state index contributed by atoms with van der Waals surface area (Å²) in [5.41, 5.74) is 2.13. The Kier molecular flexibility index (Phi) is 5.98. The summed E-state index contributed by atoms with van der Waals surface area (Å²) in [6.45, 7) is 0.647. The van der Waals surface area contributed by atoms with Crippen molar-refractivity contribution in [1.82, 2.24) is 4.98 Å². The number of carbonyl (C=O) groups excluding carboxylic acids is 1. The number of halogens is 3. The summed E-state index contributed by atoms with van der Waals surface area (Å²) in [6.07, 6.45) is 2.27. The summed E-state index contributed by atoms with van der Waals surface area (Å²) >= 11 is 5.96. The predicted octanol–water partition coefficient (Wildman–Crippen LogP) is 4.92. The Balaban J connectivity index is 1.60. The predicted molar refractivity (Wildman–Crippen MR) is 102 cm³/mol. The summed E-state index contributed by atoms with van der Waals surface area (Å²) in [5.74, 6) is -2.52. The number of aromatic nitrogens is 1. The highest BCUT2D eigenvalue weighted by Gasteiger charge is 2.10. The van der Waals surface area contributed by atoms with Crippen LogP contribution < -0.4 is 10.6 Å². The maximum atomic E-state index is 13.2. The summed E-state index contributed by atoms with van der Waals surface area (Å²) in [6, 6.07) is 14.1. The van der Waals surface area contributed by atoms with Crippen LogP contribution in [0.2, 0.25) is 5.02 Å². The number of nitrogens with one attached hydrogen (secondary N) is 2. The standard InChI is InChI=1S/C20H16ClF2N3O/c21-14-3-1-2-13(10-14)6-8-24-15-7-9-25-19(12-15)20(27)26-16-4-5-17(22)18(23)11-16/h1-5,7,9-12H,6,8H2,(H,24,25)(H,26,27). The molecule has 0 aliphatic rings. The molecular weight excluding hydrogens is 372 g/mol. The van der Waals surface area contributed by atoms with Crippen LogP contribution in [-0.2, 0) is 6.42 Å². The minimum absolute atomic E-state index is 0.153. The number of carbonyl (C=O) groups is 1. The number of anilines is 2. The SMILES string of the molecule is O=C(Nc1ccc(F)c(F)c1)c1cc(NCCc2cccc(Cl)c2)ccn1. The summed E-state index contributed by atoms with van der Waals surface area (Å²) in [7, 11) is 0. The number of nitrogens with zero attached hydrogens (tertiary/aromatic N) is 1. The van der Waals surface area contributed by atoms with Gasteiger partial charge in [-0.3, -0.25) is 9.78 Å². The van der Waals surface area contributed by atoms with Gasteiger partial charge in [0.1, 0.15) is 5.69 Å². The normalized spacial score (nSPS) is 10.5. The molecule has 0 saturated heterocycles. The second kappa shape index (κ2) is 8.60. The molecule has 2 N–H and O–H groups in total. The molecule has 0 saturated carbocycles.